The van der Waals surface area contributed by atoms with Crippen LogP contribution in [0.4, 0.5) is 0 Å². The van der Waals surface area contributed by atoms with Gasteiger partial charge in [-0.1, -0.05) is 64.5 Å². The molecule has 0 heterocycles. The molecule has 0 aliphatic heterocycles. The number of aliphatic hydroxyl groups excluding tert-OH is 1. The maximum atomic E-state index is 12.1. The van der Waals surface area contributed by atoms with Crippen LogP contribution in [0.15, 0.2) is 12.2 Å². The average molecular weight is 566 g/mol. The molecule has 0 fully saturated rings. The lowest BCUT2D eigenvalue weighted by molar-refractivity contribution is -0.147. The van der Waals surface area contributed by atoms with Crippen LogP contribution in [0.3, 0.4) is 0 Å². The van der Waals surface area contributed by atoms with Crippen LogP contribution in [0.1, 0.15) is 104 Å². The predicted molar refractivity (Wildman–Crippen MR) is 143 cm³/mol. The lowest BCUT2D eigenvalue weighted by Crippen LogP contribution is -2.43. The zero-order valence-electron chi connectivity index (χ0n) is 23.0. The van der Waals surface area contributed by atoms with Crippen molar-refractivity contribution in [1.29, 1.82) is 0 Å². The maximum Gasteiger partial charge on any atom is 0.472 e. The summed E-state index contributed by atoms with van der Waals surface area (Å²) in [5, 5.41) is 21.2. The van der Waals surface area contributed by atoms with Gasteiger partial charge in [-0.3, -0.25) is 18.6 Å². The van der Waals surface area contributed by atoms with E-state index in [1.807, 2.05) is 0 Å². The first kappa shape index (κ1) is 36.2. The number of esters is 1. The Morgan fingerprint density at radius 2 is 1.39 bits per heavy atom. The quantitative estimate of drug-likeness (QED) is 0.0529. The number of hydrogen-bond donors (Lipinski definition) is 4. The number of carboxylic acids is 1. The summed E-state index contributed by atoms with van der Waals surface area (Å²) in [6.45, 7) is 2.08. The number of carbonyl (C=O) groups is 3. The highest BCUT2D eigenvalue weighted by Gasteiger charge is 2.28. The molecule has 0 rings (SSSR count). The number of carbonyl (C=O) groups excluding carboxylic acids is 2. The number of amides is 1. The molecular formula is C26H48NO10P. The molecule has 38 heavy (non-hydrogen) atoms. The van der Waals surface area contributed by atoms with E-state index in [4.69, 9.17) is 4.74 Å². The second kappa shape index (κ2) is 23.1. The van der Waals surface area contributed by atoms with Gasteiger partial charge in [-0.05, 0) is 38.5 Å². The van der Waals surface area contributed by atoms with Crippen molar-refractivity contribution in [2.75, 3.05) is 19.8 Å². The van der Waals surface area contributed by atoms with Crippen LogP contribution in [-0.4, -0.2) is 64.9 Å². The zero-order valence-corrected chi connectivity index (χ0v) is 23.9. The zero-order chi connectivity index (χ0) is 28.7. The number of nitrogens with one attached hydrogen (secondary N) is 1. The molecule has 3 unspecified atom stereocenters. The topological polar surface area (TPSA) is 169 Å². The summed E-state index contributed by atoms with van der Waals surface area (Å²) in [4.78, 5) is 44.5. The number of rotatable bonds is 25. The first-order valence-corrected chi connectivity index (χ1v) is 15.2. The van der Waals surface area contributed by atoms with Crippen LogP contribution in [-0.2, 0) is 32.7 Å². The van der Waals surface area contributed by atoms with E-state index in [-0.39, 0.29) is 12.8 Å². The SMILES string of the molecule is CCCCCC/C=C\CCCCCCCC(=O)NC(COP(=O)(O)OCC(O)COC(=O)CCC)C(=O)O. The number of unbranched alkanes of at least 4 members (excludes halogenated alkanes) is 9. The Bertz CT molecular complexity index is 731. The van der Waals surface area contributed by atoms with Gasteiger partial charge in [0.25, 0.3) is 0 Å². The van der Waals surface area contributed by atoms with Gasteiger partial charge in [0.2, 0.25) is 5.91 Å². The number of hydrogen-bond acceptors (Lipinski definition) is 8. The first-order valence-electron chi connectivity index (χ1n) is 13.7. The minimum atomic E-state index is -4.71. The molecule has 11 nitrogen and oxygen atoms in total. The van der Waals surface area contributed by atoms with Gasteiger partial charge < -0.3 is 25.2 Å². The molecule has 12 heteroatoms. The highest BCUT2D eigenvalue weighted by atomic mass is 31.2. The third-order valence-corrected chi connectivity index (χ3v) is 6.47. The van der Waals surface area contributed by atoms with Gasteiger partial charge in [0, 0.05) is 12.8 Å². The van der Waals surface area contributed by atoms with E-state index in [1.54, 1.807) is 6.92 Å². The summed E-state index contributed by atoms with van der Waals surface area (Å²) in [6, 6.07) is -1.54. The van der Waals surface area contributed by atoms with E-state index in [0.29, 0.717) is 12.8 Å². The molecule has 1 amide bonds. The fourth-order valence-corrected chi connectivity index (χ4v) is 4.12. The molecule has 0 aromatic carbocycles. The van der Waals surface area contributed by atoms with Crippen molar-refractivity contribution in [3.63, 3.8) is 0 Å². The van der Waals surface area contributed by atoms with Crippen LogP contribution in [0, 0.1) is 0 Å². The maximum absolute atomic E-state index is 12.1. The Morgan fingerprint density at radius 1 is 0.816 bits per heavy atom. The minimum Gasteiger partial charge on any atom is -0.480 e. The second-order valence-corrected chi connectivity index (χ2v) is 10.7. The molecule has 0 saturated heterocycles. The standard InChI is InChI=1S/C26H48NO10P/c1-3-5-6-7-8-9-10-11-12-13-14-15-16-18-24(29)27-23(26(31)32)21-37-38(33,34)36-20-22(28)19-35-25(30)17-4-2/h9-10,22-23,28H,3-8,11-21H2,1-2H3,(H,27,29)(H,31,32)(H,33,34)/b10-9-. The van der Waals surface area contributed by atoms with Crippen LogP contribution in [0.5, 0.6) is 0 Å². The van der Waals surface area contributed by atoms with E-state index >= 15 is 0 Å². The van der Waals surface area contributed by atoms with E-state index in [1.165, 1.54) is 25.7 Å². The van der Waals surface area contributed by atoms with Crippen molar-refractivity contribution in [2.24, 2.45) is 0 Å². The highest BCUT2D eigenvalue weighted by Crippen LogP contribution is 2.43. The van der Waals surface area contributed by atoms with E-state index in [9.17, 15) is 34.1 Å². The molecule has 3 atom stereocenters. The van der Waals surface area contributed by atoms with Crippen molar-refractivity contribution in [3.05, 3.63) is 12.2 Å². The molecule has 0 radical (unpaired) electrons. The third-order valence-electron chi connectivity index (χ3n) is 5.52. The van der Waals surface area contributed by atoms with E-state index in [0.717, 1.165) is 38.5 Å². The monoisotopic (exact) mass is 565 g/mol. The van der Waals surface area contributed by atoms with E-state index < -0.39 is 57.6 Å². The number of aliphatic hydroxyl groups is 1. The number of carboxylic acid groups (broad SMARTS) is 1. The number of allylic oxidation sites excluding steroid dienone is 2. The summed E-state index contributed by atoms with van der Waals surface area (Å²) in [5.74, 6) is -2.45. The second-order valence-electron chi connectivity index (χ2n) is 9.23. The third kappa shape index (κ3) is 22.2. The number of phosphoric acid groups is 1. The van der Waals surface area contributed by atoms with Gasteiger partial charge in [0.1, 0.15) is 12.7 Å². The fraction of sp³-hybridized carbons (Fsp3) is 0.808. The lowest BCUT2D eigenvalue weighted by atomic mass is 10.1. The highest BCUT2D eigenvalue weighted by molar-refractivity contribution is 7.47. The smallest absolute Gasteiger partial charge is 0.472 e. The largest absolute Gasteiger partial charge is 0.480 e. The van der Waals surface area contributed by atoms with Crippen molar-refractivity contribution in [1.82, 2.24) is 5.32 Å². The minimum absolute atomic E-state index is 0.137. The molecule has 0 saturated carbocycles. The van der Waals surface area contributed by atoms with Crippen LogP contribution in [0.2, 0.25) is 0 Å². The lowest BCUT2D eigenvalue weighted by Gasteiger charge is -2.18. The molecule has 0 aliphatic carbocycles. The van der Waals surface area contributed by atoms with Gasteiger partial charge in [0.05, 0.1) is 13.2 Å². The molecule has 4 N–H and O–H groups in total. The molecule has 0 spiro atoms. The van der Waals surface area contributed by atoms with Crippen molar-refractivity contribution in [2.45, 2.75) is 116 Å². The average Bonchev–Trinajstić information content (AvgIpc) is 2.87. The molecule has 0 aromatic heterocycles. The van der Waals surface area contributed by atoms with E-state index in [2.05, 4.69) is 33.4 Å². The van der Waals surface area contributed by atoms with Crippen molar-refractivity contribution >= 4 is 25.7 Å². The molecular weight excluding hydrogens is 517 g/mol. The van der Waals surface area contributed by atoms with Gasteiger partial charge in [0.15, 0.2) is 6.04 Å². The predicted octanol–water partition coefficient (Wildman–Crippen LogP) is 4.65. The van der Waals surface area contributed by atoms with Gasteiger partial charge in [-0.25, -0.2) is 9.36 Å². The summed E-state index contributed by atoms with van der Waals surface area (Å²) in [5.41, 5.74) is 0. The molecule has 0 aliphatic rings. The molecule has 0 bridgehead atoms. The summed E-state index contributed by atoms with van der Waals surface area (Å²) in [7, 11) is -4.71. The Kier molecular flexibility index (Phi) is 22.1. The Morgan fingerprint density at radius 3 is 2.00 bits per heavy atom. The van der Waals surface area contributed by atoms with Crippen molar-refractivity contribution in [3.8, 4) is 0 Å². The first-order chi connectivity index (χ1) is 18.1. The number of aliphatic carboxylic acids is 1. The number of phosphoric ester groups is 1. The number of ether oxygens (including phenoxy) is 1. The summed E-state index contributed by atoms with van der Waals surface area (Å²) < 4.78 is 26.0. The van der Waals surface area contributed by atoms with Gasteiger partial charge in [-0.2, -0.15) is 0 Å². The van der Waals surface area contributed by atoms with Gasteiger partial charge >= 0.3 is 19.8 Å². The summed E-state index contributed by atoms with van der Waals surface area (Å²) in [6.07, 6.45) is 15.9. The Labute approximate surface area is 226 Å². The molecule has 222 valence electrons. The normalized spacial score (nSPS) is 14.6. The summed E-state index contributed by atoms with van der Waals surface area (Å²) >= 11 is 0. The fourth-order valence-electron chi connectivity index (χ4n) is 3.34. The Hall–Kier alpha value is -1.78. The Balaban J connectivity index is 4.07. The van der Waals surface area contributed by atoms with Crippen LogP contribution < -0.4 is 5.32 Å². The van der Waals surface area contributed by atoms with Crippen LogP contribution >= 0.6 is 7.82 Å². The van der Waals surface area contributed by atoms with Gasteiger partial charge in [-0.15, -0.1) is 0 Å². The van der Waals surface area contributed by atoms with Crippen molar-refractivity contribution < 1.29 is 47.8 Å². The molecule has 0 aromatic rings. The van der Waals surface area contributed by atoms with Crippen LogP contribution in [0.25, 0.3) is 0 Å².